The average Bonchev–Trinajstić information content (AvgIpc) is 2.87. The Morgan fingerprint density at radius 3 is 2.39 bits per heavy atom. The van der Waals surface area contributed by atoms with Crippen molar-refractivity contribution in [3.63, 3.8) is 0 Å². The van der Waals surface area contributed by atoms with Gasteiger partial charge >= 0.3 is 0 Å². The Hall–Kier alpha value is -2.91. The summed E-state index contributed by atoms with van der Waals surface area (Å²) in [5.41, 5.74) is 9.09. The molecule has 1 aliphatic heterocycles. The summed E-state index contributed by atoms with van der Waals surface area (Å²) in [5.74, 6) is 0.0121. The summed E-state index contributed by atoms with van der Waals surface area (Å²) in [5, 5.41) is 3.27. The van der Waals surface area contributed by atoms with Gasteiger partial charge in [-0.15, -0.1) is 0 Å². The van der Waals surface area contributed by atoms with E-state index in [1.165, 1.54) is 52.6 Å². The molecule has 0 fully saturated rings. The van der Waals surface area contributed by atoms with E-state index < -0.39 is 0 Å². The lowest BCUT2D eigenvalue weighted by molar-refractivity contribution is 0.0935. The third-order valence-electron chi connectivity index (χ3n) is 7.32. The van der Waals surface area contributed by atoms with Crippen molar-refractivity contribution in [3.8, 4) is 0 Å². The van der Waals surface area contributed by atoms with E-state index in [0.717, 1.165) is 44.5 Å². The first-order valence-corrected chi connectivity index (χ1v) is 12.5. The zero-order chi connectivity index (χ0) is 22.6. The SMILES string of the molecule is CC[C@@H](NC(=O)c1ccc(CN2CCc3ccccc3C2)cc1)c1ccc2c(c1)CCCC2. The quantitative estimate of drug-likeness (QED) is 0.511. The van der Waals surface area contributed by atoms with Crippen molar-refractivity contribution in [2.45, 2.75) is 64.6 Å². The van der Waals surface area contributed by atoms with Crippen molar-refractivity contribution in [2.24, 2.45) is 0 Å². The number of aryl methyl sites for hydroxylation is 2. The maximum absolute atomic E-state index is 13.0. The zero-order valence-corrected chi connectivity index (χ0v) is 19.6. The van der Waals surface area contributed by atoms with Crippen molar-refractivity contribution >= 4 is 5.91 Å². The minimum absolute atomic E-state index is 0.0121. The highest BCUT2D eigenvalue weighted by atomic mass is 16.1. The number of nitrogens with zero attached hydrogens (tertiary/aromatic N) is 1. The normalized spacial score (nSPS) is 16.5. The summed E-state index contributed by atoms with van der Waals surface area (Å²) in [6.07, 6.45) is 6.92. The molecule has 1 aliphatic carbocycles. The van der Waals surface area contributed by atoms with Gasteiger partial charge < -0.3 is 5.32 Å². The van der Waals surface area contributed by atoms with Gasteiger partial charge in [-0.25, -0.2) is 0 Å². The van der Waals surface area contributed by atoms with Crippen molar-refractivity contribution < 1.29 is 4.79 Å². The van der Waals surface area contributed by atoms with Crippen LogP contribution in [-0.2, 0) is 32.4 Å². The largest absolute Gasteiger partial charge is 0.345 e. The number of amides is 1. The Labute approximate surface area is 197 Å². The van der Waals surface area contributed by atoms with E-state index in [-0.39, 0.29) is 11.9 Å². The summed E-state index contributed by atoms with van der Waals surface area (Å²) >= 11 is 0. The number of benzene rings is 3. The van der Waals surface area contributed by atoms with Gasteiger partial charge in [0.1, 0.15) is 0 Å². The summed E-state index contributed by atoms with van der Waals surface area (Å²) in [4.78, 5) is 15.5. The number of rotatable bonds is 6. The molecule has 0 saturated carbocycles. The summed E-state index contributed by atoms with van der Waals surface area (Å²) in [6, 6.07) is 23.8. The van der Waals surface area contributed by atoms with Gasteiger partial charge in [0.05, 0.1) is 6.04 Å². The number of carbonyl (C=O) groups excluding carboxylic acids is 1. The molecule has 3 nitrogen and oxygen atoms in total. The standard InChI is InChI=1S/C30H34N2O/c1-2-29(27-16-15-23-7-3-5-9-26(23)19-27)31-30(33)25-13-11-22(12-14-25)20-32-18-17-24-8-4-6-10-28(24)21-32/h4,6,8,10-16,19,29H,2-3,5,7,9,17-18,20-21H2,1H3,(H,31,33)/t29-/m1/s1. The van der Waals surface area contributed by atoms with E-state index in [1.807, 2.05) is 12.1 Å². The summed E-state index contributed by atoms with van der Waals surface area (Å²) in [6.45, 7) is 5.14. The Morgan fingerprint density at radius 2 is 1.61 bits per heavy atom. The average molecular weight is 439 g/mol. The van der Waals surface area contributed by atoms with Crippen LogP contribution in [0.25, 0.3) is 0 Å². The lowest BCUT2D eigenvalue weighted by atomic mass is 9.88. The molecule has 1 atom stereocenters. The highest BCUT2D eigenvalue weighted by molar-refractivity contribution is 5.94. The van der Waals surface area contributed by atoms with Crippen LogP contribution in [0.1, 0.15) is 76.0 Å². The molecule has 0 aromatic heterocycles. The van der Waals surface area contributed by atoms with Gasteiger partial charge in [-0.2, -0.15) is 0 Å². The summed E-state index contributed by atoms with van der Waals surface area (Å²) < 4.78 is 0. The van der Waals surface area contributed by atoms with Crippen LogP contribution in [0, 0.1) is 0 Å². The smallest absolute Gasteiger partial charge is 0.251 e. The fourth-order valence-electron chi connectivity index (χ4n) is 5.34. The van der Waals surface area contributed by atoms with E-state index in [4.69, 9.17) is 0 Å². The fourth-order valence-corrected chi connectivity index (χ4v) is 5.34. The molecular weight excluding hydrogens is 404 g/mol. The third kappa shape index (κ3) is 5.04. The first-order valence-electron chi connectivity index (χ1n) is 12.5. The van der Waals surface area contributed by atoms with Crippen molar-refractivity contribution in [1.82, 2.24) is 10.2 Å². The molecule has 3 aromatic rings. The van der Waals surface area contributed by atoms with E-state index in [9.17, 15) is 4.79 Å². The van der Waals surface area contributed by atoms with E-state index >= 15 is 0 Å². The zero-order valence-electron chi connectivity index (χ0n) is 19.6. The van der Waals surface area contributed by atoms with Gasteiger partial charge in [0.2, 0.25) is 0 Å². The lowest BCUT2D eigenvalue weighted by Gasteiger charge is -2.28. The van der Waals surface area contributed by atoms with Gasteiger partial charge in [0, 0.05) is 25.2 Å². The van der Waals surface area contributed by atoms with Crippen LogP contribution >= 0.6 is 0 Å². The number of hydrogen-bond donors (Lipinski definition) is 1. The predicted octanol–water partition coefficient (Wildman–Crippen LogP) is 6.00. The highest BCUT2D eigenvalue weighted by Crippen LogP contribution is 2.26. The van der Waals surface area contributed by atoms with E-state index in [1.54, 1.807) is 0 Å². The van der Waals surface area contributed by atoms with Crippen LogP contribution in [0.3, 0.4) is 0 Å². The minimum atomic E-state index is 0.0121. The van der Waals surface area contributed by atoms with Gasteiger partial charge in [0.25, 0.3) is 5.91 Å². The van der Waals surface area contributed by atoms with Gasteiger partial charge in [-0.3, -0.25) is 9.69 Å². The molecule has 0 unspecified atom stereocenters. The second kappa shape index (κ2) is 9.93. The van der Waals surface area contributed by atoms with Crippen LogP contribution in [0.15, 0.2) is 66.7 Å². The van der Waals surface area contributed by atoms with Crippen molar-refractivity contribution in [1.29, 1.82) is 0 Å². The molecule has 0 spiro atoms. The van der Waals surface area contributed by atoms with Crippen LogP contribution in [0.4, 0.5) is 0 Å². The molecule has 0 radical (unpaired) electrons. The van der Waals surface area contributed by atoms with Gasteiger partial charge in [0.15, 0.2) is 0 Å². The molecular formula is C30H34N2O. The highest BCUT2D eigenvalue weighted by Gasteiger charge is 2.18. The molecule has 3 heteroatoms. The predicted molar refractivity (Wildman–Crippen MR) is 134 cm³/mol. The number of hydrogen-bond acceptors (Lipinski definition) is 2. The molecule has 1 N–H and O–H groups in total. The molecule has 3 aromatic carbocycles. The first-order chi connectivity index (χ1) is 16.2. The van der Waals surface area contributed by atoms with Crippen LogP contribution in [0.5, 0.6) is 0 Å². The molecule has 170 valence electrons. The van der Waals surface area contributed by atoms with Crippen LogP contribution in [0.2, 0.25) is 0 Å². The molecule has 5 rings (SSSR count). The van der Waals surface area contributed by atoms with Gasteiger partial charge in [-0.1, -0.05) is 61.5 Å². The van der Waals surface area contributed by atoms with E-state index in [2.05, 4.69) is 71.7 Å². The Balaban J connectivity index is 1.21. The Kier molecular flexibility index (Phi) is 6.59. The maximum Gasteiger partial charge on any atom is 0.251 e. The van der Waals surface area contributed by atoms with Crippen LogP contribution < -0.4 is 5.32 Å². The van der Waals surface area contributed by atoms with Crippen molar-refractivity contribution in [2.75, 3.05) is 6.54 Å². The fraction of sp³-hybridized carbons (Fsp3) is 0.367. The molecule has 0 bridgehead atoms. The lowest BCUT2D eigenvalue weighted by Crippen LogP contribution is -2.30. The van der Waals surface area contributed by atoms with Crippen molar-refractivity contribution in [3.05, 3.63) is 106 Å². The number of carbonyl (C=O) groups is 1. The number of nitrogens with one attached hydrogen (secondary N) is 1. The second-order valence-corrected chi connectivity index (χ2v) is 9.60. The topological polar surface area (TPSA) is 32.3 Å². The Morgan fingerprint density at radius 1 is 0.879 bits per heavy atom. The molecule has 2 aliphatic rings. The maximum atomic E-state index is 13.0. The molecule has 33 heavy (non-hydrogen) atoms. The van der Waals surface area contributed by atoms with E-state index in [0.29, 0.717) is 0 Å². The Bertz CT molecular complexity index is 1120. The molecule has 1 amide bonds. The first kappa shape index (κ1) is 21.9. The molecule has 0 saturated heterocycles. The van der Waals surface area contributed by atoms with Crippen LogP contribution in [-0.4, -0.2) is 17.4 Å². The minimum Gasteiger partial charge on any atom is -0.345 e. The monoisotopic (exact) mass is 438 g/mol. The summed E-state index contributed by atoms with van der Waals surface area (Å²) in [7, 11) is 0. The number of fused-ring (bicyclic) bond motifs is 2. The van der Waals surface area contributed by atoms with Gasteiger partial charge in [-0.05, 0) is 84.0 Å². The second-order valence-electron chi connectivity index (χ2n) is 9.60. The molecule has 1 heterocycles. The third-order valence-corrected chi connectivity index (χ3v) is 7.32.